The fraction of sp³-hybridized carbons (Fsp3) is 0.550. The first-order chi connectivity index (χ1) is 12.5. The zero-order valence-electron chi connectivity index (χ0n) is 15.4. The molecule has 0 N–H and O–H groups in total. The Kier molecular flexibility index (Phi) is 5.59. The van der Waals surface area contributed by atoms with Crippen molar-refractivity contribution in [3.8, 4) is 0 Å². The summed E-state index contributed by atoms with van der Waals surface area (Å²) in [4.78, 5) is 40.2. The number of methoxy groups -OCH3 is 1. The van der Waals surface area contributed by atoms with Gasteiger partial charge in [-0.25, -0.2) is 0 Å². The molecule has 26 heavy (non-hydrogen) atoms. The van der Waals surface area contributed by atoms with Gasteiger partial charge in [0.25, 0.3) is 0 Å². The maximum Gasteiger partial charge on any atom is 0.308 e. The van der Waals surface area contributed by atoms with E-state index in [1.165, 1.54) is 12.7 Å². The van der Waals surface area contributed by atoms with Crippen LogP contribution < -0.4 is 0 Å². The number of piperidine rings is 1. The normalized spacial score (nSPS) is 20.5. The Morgan fingerprint density at radius 1 is 1.12 bits per heavy atom. The summed E-state index contributed by atoms with van der Waals surface area (Å²) in [7, 11) is 1.40. The van der Waals surface area contributed by atoms with Gasteiger partial charge in [0.05, 0.1) is 25.5 Å². The van der Waals surface area contributed by atoms with Gasteiger partial charge in [0, 0.05) is 26.6 Å². The molecule has 0 radical (unpaired) electrons. The molecule has 1 aromatic rings. The second-order valence-corrected chi connectivity index (χ2v) is 7.06. The molecule has 6 nitrogen and oxygen atoms in total. The van der Waals surface area contributed by atoms with E-state index in [0.29, 0.717) is 38.9 Å². The van der Waals surface area contributed by atoms with E-state index in [2.05, 4.69) is 6.07 Å². The summed E-state index contributed by atoms with van der Waals surface area (Å²) in [5.41, 5.74) is 2.29. The fourth-order valence-electron chi connectivity index (χ4n) is 4.07. The third-order valence-electron chi connectivity index (χ3n) is 5.57. The van der Waals surface area contributed by atoms with Crippen molar-refractivity contribution in [2.24, 2.45) is 5.92 Å². The van der Waals surface area contributed by atoms with Gasteiger partial charge in [-0.05, 0) is 30.4 Å². The summed E-state index contributed by atoms with van der Waals surface area (Å²) >= 11 is 0. The smallest absolute Gasteiger partial charge is 0.308 e. The maximum atomic E-state index is 12.9. The van der Waals surface area contributed by atoms with Crippen LogP contribution in [0.15, 0.2) is 24.3 Å². The largest absolute Gasteiger partial charge is 0.469 e. The van der Waals surface area contributed by atoms with Crippen LogP contribution in [0, 0.1) is 5.92 Å². The number of amides is 2. The monoisotopic (exact) mass is 358 g/mol. The molecule has 140 valence electrons. The van der Waals surface area contributed by atoms with Crippen LogP contribution in [0.5, 0.6) is 0 Å². The van der Waals surface area contributed by atoms with Crippen LogP contribution in [0.3, 0.4) is 0 Å². The lowest BCUT2D eigenvalue weighted by Crippen LogP contribution is -2.44. The molecule has 2 amide bonds. The number of benzene rings is 1. The molecule has 1 saturated heterocycles. The highest BCUT2D eigenvalue weighted by Crippen LogP contribution is 2.33. The van der Waals surface area contributed by atoms with Crippen LogP contribution in [-0.4, -0.2) is 54.3 Å². The highest BCUT2D eigenvalue weighted by Gasteiger charge is 2.33. The number of rotatable bonds is 3. The number of esters is 1. The average molecular weight is 358 g/mol. The number of nitrogens with zero attached hydrogens (tertiary/aromatic N) is 2. The highest BCUT2D eigenvalue weighted by atomic mass is 16.5. The number of hydrogen-bond donors (Lipinski definition) is 0. The SMILES string of the molecule is COC(=O)C1CCN(C(=O)CC2c3ccccc3CCN2C(C)=O)CC1. The van der Waals surface area contributed by atoms with E-state index < -0.39 is 0 Å². The number of fused-ring (bicyclic) bond motifs is 1. The maximum absolute atomic E-state index is 12.9. The summed E-state index contributed by atoms with van der Waals surface area (Å²) in [6.45, 7) is 3.34. The molecule has 2 heterocycles. The van der Waals surface area contributed by atoms with Crippen LogP contribution in [0.4, 0.5) is 0 Å². The molecule has 0 bridgehead atoms. The predicted octanol–water partition coefficient (Wildman–Crippen LogP) is 1.93. The van der Waals surface area contributed by atoms with Crippen molar-refractivity contribution in [3.05, 3.63) is 35.4 Å². The lowest BCUT2D eigenvalue weighted by molar-refractivity contribution is -0.149. The van der Waals surface area contributed by atoms with Crippen molar-refractivity contribution in [3.63, 3.8) is 0 Å². The van der Waals surface area contributed by atoms with Crippen LogP contribution in [0.1, 0.15) is 43.4 Å². The molecule has 0 spiro atoms. The van der Waals surface area contributed by atoms with Gasteiger partial charge < -0.3 is 14.5 Å². The predicted molar refractivity (Wildman–Crippen MR) is 96.2 cm³/mol. The van der Waals surface area contributed by atoms with Crippen LogP contribution >= 0.6 is 0 Å². The van der Waals surface area contributed by atoms with Gasteiger partial charge in [0.2, 0.25) is 11.8 Å². The molecule has 0 saturated carbocycles. The topological polar surface area (TPSA) is 66.9 Å². The lowest BCUT2D eigenvalue weighted by atomic mass is 9.89. The van der Waals surface area contributed by atoms with Crippen molar-refractivity contribution < 1.29 is 19.1 Å². The Morgan fingerprint density at radius 3 is 2.46 bits per heavy atom. The summed E-state index contributed by atoms with van der Waals surface area (Å²) in [5.74, 6) is -0.266. The van der Waals surface area contributed by atoms with Gasteiger partial charge in [-0.1, -0.05) is 24.3 Å². The van der Waals surface area contributed by atoms with E-state index in [1.807, 2.05) is 23.1 Å². The van der Waals surface area contributed by atoms with Crippen LogP contribution in [-0.2, 0) is 25.5 Å². The third-order valence-corrected chi connectivity index (χ3v) is 5.57. The Labute approximate surface area is 154 Å². The van der Waals surface area contributed by atoms with Crippen molar-refractivity contribution >= 4 is 17.8 Å². The van der Waals surface area contributed by atoms with Crippen LogP contribution in [0.2, 0.25) is 0 Å². The van der Waals surface area contributed by atoms with Gasteiger partial charge in [0.15, 0.2) is 0 Å². The first kappa shape index (κ1) is 18.4. The first-order valence-electron chi connectivity index (χ1n) is 9.22. The lowest BCUT2D eigenvalue weighted by Gasteiger charge is -2.38. The Hall–Kier alpha value is -2.37. The molecule has 1 unspecified atom stereocenters. The van der Waals surface area contributed by atoms with Gasteiger partial charge in [-0.2, -0.15) is 0 Å². The fourth-order valence-corrected chi connectivity index (χ4v) is 4.07. The zero-order chi connectivity index (χ0) is 18.7. The quantitative estimate of drug-likeness (QED) is 0.775. The number of ether oxygens (including phenoxy) is 1. The van der Waals surface area contributed by atoms with E-state index >= 15 is 0 Å². The Balaban J connectivity index is 1.69. The van der Waals surface area contributed by atoms with Crippen molar-refractivity contribution in [2.45, 2.75) is 38.6 Å². The summed E-state index contributed by atoms with van der Waals surface area (Å²) < 4.78 is 4.80. The molecule has 1 fully saturated rings. The van der Waals surface area contributed by atoms with Gasteiger partial charge in [0.1, 0.15) is 0 Å². The first-order valence-corrected chi connectivity index (χ1v) is 9.22. The van der Waals surface area contributed by atoms with E-state index in [0.717, 1.165) is 12.0 Å². The Morgan fingerprint density at radius 2 is 1.81 bits per heavy atom. The average Bonchev–Trinajstić information content (AvgIpc) is 2.67. The molecular weight excluding hydrogens is 332 g/mol. The molecule has 0 aliphatic carbocycles. The third kappa shape index (κ3) is 3.74. The minimum absolute atomic E-state index is 0.00158. The number of carbonyl (C=O) groups excluding carboxylic acids is 3. The van der Waals surface area contributed by atoms with Crippen molar-refractivity contribution in [1.82, 2.24) is 9.80 Å². The number of likely N-dealkylation sites (tertiary alicyclic amines) is 1. The second kappa shape index (κ2) is 7.89. The molecule has 0 aromatic heterocycles. The molecule has 1 aromatic carbocycles. The van der Waals surface area contributed by atoms with E-state index in [4.69, 9.17) is 4.74 Å². The van der Waals surface area contributed by atoms with E-state index in [1.54, 1.807) is 11.8 Å². The van der Waals surface area contributed by atoms with E-state index in [9.17, 15) is 14.4 Å². The Bertz CT molecular complexity index is 695. The summed E-state index contributed by atoms with van der Waals surface area (Å²) in [6.07, 6.45) is 2.39. The van der Waals surface area contributed by atoms with Crippen molar-refractivity contribution in [1.29, 1.82) is 0 Å². The molecular formula is C20H26N2O4. The molecule has 1 atom stereocenters. The van der Waals surface area contributed by atoms with Crippen LogP contribution in [0.25, 0.3) is 0 Å². The zero-order valence-corrected chi connectivity index (χ0v) is 15.4. The second-order valence-electron chi connectivity index (χ2n) is 7.06. The minimum Gasteiger partial charge on any atom is -0.469 e. The molecule has 2 aliphatic rings. The molecule has 6 heteroatoms. The van der Waals surface area contributed by atoms with Gasteiger partial charge >= 0.3 is 5.97 Å². The number of hydrogen-bond acceptors (Lipinski definition) is 4. The van der Waals surface area contributed by atoms with Gasteiger partial charge in [-0.15, -0.1) is 0 Å². The van der Waals surface area contributed by atoms with Gasteiger partial charge in [-0.3, -0.25) is 14.4 Å². The standard InChI is InChI=1S/C20H26N2O4/c1-14(23)22-12-9-15-5-3-4-6-17(15)18(22)13-19(24)21-10-7-16(8-11-21)20(25)26-2/h3-6,16,18H,7-13H2,1-2H3. The van der Waals surface area contributed by atoms with Crippen molar-refractivity contribution in [2.75, 3.05) is 26.7 Å². The molecule has 3 rings (SSSR count). The summed E-state index contributed by atoms with van der Waals surface area (Å²) in [5, 5.41) is 0. The summed E-state index contributed by atoms with van der Waals surface area (Å²) in [6, 6.07) is 7.85. The minimum atomic E-state index is -0.205. The number of carbonyl (C=O) groups is 3. The highest BCUT2D eigenvalue weighted by molar-refractivity contribution is 5.80. The van der Waals surface area contributed by atoms with E-state index in [-0.39, 0.29) is 29.7 Å². The molecule has 2 aliphatic heterocycles.